The summed E-state index contributed by atoms with van der Waals surface area (Å²) >= 11 is 0. The van der Waals surface area contributed by atoms with Crippen LogP contribution in [0.5, 0.6) is 0 Å². The van der Waals surface area contributed by atoms with Crippen molar-refractivity contribution in [1.29, 1.82) is 0 Å². The highest BCUT2D eigenvalue weighted by Crippen LogP contribution is 1.95. The second-order valence-electron chi connectivity index (χ2n) is 1.66. The topological polar surface area (TPSA) is 64.4 Å². The third-order valence-corrected chi connectivity index (χ3v) is 0.953. The van der Waals surface area contributed by atoms with Crippen molar-refractivity contribution >= 4 is 0 Å². The summed E-state index contributed by atoms with van der Waals surface area (Å²) in [6, 6.07) is 0. The van der Waals surface area contributed by atoms with Gasteiger partial charge in [-0.3, -0.25) is 4.84 Å². The van der Waals surface area contributed by atoms with E-state index in [1.807, 2.05) is 0 Å². The lowest BCUT2D eigenvalue weighted by molar-refractivity contribution is -0.766. The molecule has 1 heterocycles. The van der Waals surface area contributed by atoms with Crippen molar-refractivity contribution in [1.82, 2.24) is 5.32 Å². The fourth-order valence-corrected chi connectivity index (χ4v) is 0.585. The van der Waals surface area contributed by atoms with Gasteiger partial charge in [0.25, 0.3) is 5.09 Å². The van der Waals surface area contributed by atoms with Gasteiger partial charge >= 0.3 is 0 Å². The first-order chi connectivity index (χ1) is 4.79. The molecule has 1 aliphatic rings. The number of dihydropyridines is 1. The maximum Gasteiger partial charge on any atom is 0.296 e. The van der Waals surface area contributed by atoms with Crippen LogP contribution in [0.1, 0.15) is 0 Å². The molecule has 1 aliphatic heterocycles. The smallest absolute Gasteiger partial charge is 0.296 e. The van der Waals surface area contributed by atoms with Gasteiger partial charge in [-0.2, -0.15) is 0 Å². The number of hydrogen-bond acceptors (Lipinski definition) is 4. The van der Waals surface area contributed by atoms with Gasteiger partial charge in [0.2, 0.25) is 0 Å². The van der Waals surface area contributed by atoms with Gasteiger partial charge in [-0.05, 0) is 18.4 Å². The summed E-state index contributed by atoms with van der Waals surface area (Å²) in [5, 5.41) is 11.5. The Hall–Kier alpha value is -1.52. The zero-order valence-electron chi connectivity index (χ0n) is 5.06. The summed E-state index contributed by atoms with van der Waals surface area (Å²) in [5.74, 6) is 0. The molecule has 0 aromatic carbocycles. The number of allylic oxidation sites excluding steroid dienone is 2. The van der Waals surface area contributed by atoms with Crippen molar-refractivity contribution < 1.29 is 9.92 Å². The third-order valence-electron chi connectivity index (χ3n) is 0.953. The minimum atomic E-state index is -0.832. The average Bonchev–Trinajstić information content (AvgIpc) is 1.88. The summed E-state index contributed by atoms with van der Waals surface area (Å²) in [5.41, 5.74) is 0. The van der Waals surface area contributed by atoms with Gasteiger partial charge in [-0.25, -0.2) is 0 Å². The molecule has 1 N–H and O–H groups in total. The number of rotatable bonds is 2. The molecule has 0 aromatic rings. The summed E-state index contributed by atoms with van der Waals surface area (Å²) in [6.45, 7) is 0. The molecule has 5 nitrogen and oxygen atoms in total. The van der Waals surface area contributed by atoms with Crippen LogP contribution in [-0.2, 0) is 4.84 Å². The standard InChI is InChI=1S/C5H6N2O3/c8-7(9)10-5-3-1-2-4-6-5/h1-6H. The van der Waals surface area contributed by atoms with Crippen molar-refractivity contribution in [2.45, 2.75) is 6.23 Å². The van der Waals surface area contributed by atoms with E-state index in [2.05, 4.69) is 10.2 Å². The average molecular weight is 142 g/mol. The first kappa shape index (κ1) is 6.60. The normalized spacial score (nSPS) is 21.8. The SMILES string of the molecule is O=[N+]([O-])OC1C=CC=CN1. The van der Waals surface area contributed by atoms with Crippen LogP contribution in [0, 0.1) is 10.1 Å². The fourth-order valence-electron chi connectivity index (χ4n) is 0.585. The highest BCUT2D eigenvalue weighted by molar-refractivity contribution is 5.09. The van der Waals surface area contributed by atoms with E-state index in [0.29, 0.717) is 0 Å². The van der Waals surface area contributed by atoms with Crippen molar-refractivity contribution in [2.75, 3.05) is 0 Å². The zero-order chi connectivity index (χ0) is 7.40. The van der Waals surface area contributed by atoms with Gasteiger partial charge < -0.3 is 5.32 Å². The quantitative estimate of drug-likeness (QED) is 0.441. The first-order valence-electron chi connectivity index (χ1n) is 2.69. The van der Waals surface area contributed by atoms with Crippen LogP contribution in [-0.4, -0.2) is 11.3 Å². The van der Waals surface area contributed by atoms with Gasteiger partial charge in [0.1, 0.15) is 0 Å². The molecule has 0 bridgehead atoms. The van der Waals surface area contributed by atoms with Crippen LogP contribution in [0.4, 0.5) is 0 Å². The van der Waals surface area contributed by atoms with Gasteiger partial charge in [0.05, 0.1) is 0 Å². The van der Waals surface area contributed by atoms with Crippen molar-refractivity contribution in [3.8, 4) is 0 Å². The zero-order valence-corrected chi connectivity index (χ0v) is 5.06. The monoisotopic (exact) mass is 142 g/mol. The molecular weight excluding hydrogens is 136 g/mol. The molecule has 1 unspecified atom stereocenters. The van der Waals surface area contributed by atoms with Gasteiger partial charge in [0.15, 0.2) is 6.23 Å². The van der Waals surface area contributed by atoms with Crippen molar-refractivity contribution in [3.63, 3.8) is 0 Å². The highest BCUT2D eigenvalue weighted by Gasteiger charge is 2.06. The van der Waals surface area contributed by atoms with E-state index >= 15 is 0 Å². The van der Waals surface area contributed by atoms with E-state index in [1.165, 1.54) is 0 Å². The highest BCUT2D eigenvalue weighted by atomic mass is 17.0. The van der Waals surface area contributed by atoms with E-state index in [4.69, 9.17) is 0 Å². The molecule has 10 heavy (non-hydrogen) atoms. The molecule has 0 fully saturated rings. The molecule has 54 valence electrons. The minimum Gasteiger partial charge on any atom is -0.363 e. The Balaban J connectivity index is 2.37. The molecule has 1 rings (SSSR count). The first-order valence-corrected chi connectivity index (χ1v) is 2.69. The lowest BCUT2D eigenvalue weighted by Crippen LogP contribution is -2.28. The van der Waals surface area contributed by atoms with E-state index in [0.717, 1.165) is 0 Å². The van der Waals surface area contributed by atoms with E-state index < -0.39 is 11.3 Å². The largest absolute Gasteiger partial charge is 0.363 e. The molecule has 0 amide bonds. The van der Waals surface area contributed by atoms with E-state index in [-0.39, 0.29) is 0 Å². The predicted molar refractivity (Wildman–Crippen MR) is 33.3 cm³/mol. The molecule has 0 saturated heterocycles. The Morgan fingerprint density at radius 3 is 2.90 bits per heavy atom. The Morgan fingerprint density at radius 2 is 2.40 bits per heavy atom. The number of nitrogens with zero attached hydrogens (tertiary/aromatic N) is 1. The second-order valence-corrected chi connectivity index (χ2v) is 1.66. The van der Waals surface area contributed by atoms with Crippen LogP contribution in [0.15, 0.2) is 24.4 Å². The molecule has 0 saturated carbocycles. The van der Waals surface area contributed by atoms with Crippen LogP contribution < -0.4 is 5.32 Å². The van der Waals surface area contributed by atoms with Gasteiger partial charge in [0, 0.05) is 0 Å². The maximum absolute atomic E-state index is 9.75. The molecular formula is C5H6N2O3. The summed E-state index contributed by atoms with van der Waals surface area (Å²) in [4.78, 5) is 13.9. The second kappa shape index (κ2) is 2.86. The van der Waals surface area contributed by atoms with Crippen molar-refractivity contribution in [2.24, 2.45) is 0 Å². The van der Waals surface area contributed by atoms with Gasteiger partial charge in [-0.15, -0.1) is 10.1 Å². The minimum absolute atomic E-state index is 0.639. The molecule has 0 radical (unpaired) electrons. The Kier molecular flexibility index (Phi) is 1.89. The molecule has 1 atom stereocenters. The summed E-state index contributed by atoms with van der Waals surface area (Å²) in [6.07, 6.45) is 5.88. The van der Waals surface area contributed by atoms with Crippen molar-refractivity contribution in [3.05, 3.63) is 34.5 Å². The van der Waals surface area contributed by atoms with Gasteiger partial charge in [-0.1, -0.05) is 6.08 Å². The summed E-state index contributed by atoms with van der Waals surface area (Å²) in [7, 11) is 0. The van der Waals surface area contributed by atoms with Crippen LogP contribution in [0.25, 0.3) is 0 Å². The lowest BCUT2D eigenvalue weighted by atomic mass is 10.4. The lowest BCUT2D eigenvalue weighted by Gasteiger charge is -2.11. The Bertz CT molecular complexity index is 187. The number of hydrogen-bond donors (Lipinski definition) is 1. The number of nitrogens with one attached hydrogen (secondary N) is 1. The van der Waals surface area contributed by atoms with Crippen LogP contribution in [0.3, 0.4) is 0 Å². The Morgan fingerprint density at radius 1 is 1.60 bits per heavy atom. The molecule has 0 spiro atoms. The predicted octanol–water partition coefficient (Wildman–Crippen LogP) is 0.194. The fraction of sp³-hybridized carbons (Fsp3) is 0.200. The van der Waals surface area contributed by atoms with E-state index in [1.54, 1.807) is 24.4 Å². The molecule has 0 aliphatic carbocycles. The summed E-state index contributed by atoms with van der Waals surface area (Å²) < 4.78 is 0. The molecule has 5 heteroatoms. The Labute approximate surface area is 57.1 Å². The third kappa shape index (κ3) is 1.77. The maximum atomic E-state index is 9.75. The van der Waals surface area contributed by atoms with Crippen LogP contribution in [0.2, 0.25) is 0 Å². The molecule has 0 aromatic heterocycles. The van der Waals surface area contributed by atoms with E-state index in [9.17, 15) is 10.1 Å². The van der Waals surface area contributed by atoms with Crippen LogP contribution >= 0.6 is 0 Å².